The van der Waals surface area contributed by atoms with Gasteiger partial charge >= 0.3 is 0 Å². The zero-order valence-corrected chi connectivity index (χ0v) is 13.4. The molecule has 3 heterocycles. The van der Waals surface area contributed by atoms with Gasteiger partial charge in [-0.1, -0.05) is 6.07 Å². The van der Waals surface area contributed by atoms with E-state index in [1.807, 2.05) is 41.8 Å². The summed E-state index contributed by atoms with van der Waals surface area (Å²) in [6.07, 6.45) is 2.60. The second kappa shape index (κ2) is 5.56. The fourth-order valence-electron chi connectivity index (χ4n) is 3.04. The van der Waals surface area contributed by atoms with E-state index in [1.54, 1.807) is 6.20 Å². The van der Waals surface area contributed by atoms with Crippen molar-refractivity contribution in [2.75, 3.05) is 12.3 Å². The van der Waals surface area contributed by atoms with Crippen molar-refractivity contribution in [2.24, 2.45) is 0 Å². The lowest BCUT2D eigenvalue weighted by atomic mass is 10.0. The van der Waals surface area contributed by atoms with Gasteiger partial charge in [0.05, 0.1) is 19.3 Å². The molecule has 1 aliphatic heterocycles. The Kier molecular flexibility index (Phi) is 3.37. The van der Waals surface area contributed by atoms with E-state index in [-0.39, 0.29) is 5.56 Å². The number of nitrogens with zero attached hydrogens (tertiary/aromatic N) is 2. The topological polar surface area (TPSA) is 85.9 Å². The molecular weight excluding hydrogens is 304 g/mol. The molecule has 24 heavy (non-hydrogen) atoms. The van der Waals surface area contributed by atoms with Gasteiger partial charge < -0.3 is 20.0 Å². The molecule has 0 saturated heterocycles. The van der Waals surface area contributed by atoms with Crippen LogP contribution in [0.2, 0.25) is 0 Å². The number of rotatable bonds is 3. The lowest BCUT2D eigenvalue weighted by molar-refractivity contribution is 0.357. The molecule has 0 radical (unpaired) electrons. The Bertz CT molecular complexity index is 952. The Hall–Kier alpha value is -3.02. The number of aryl methyl sites for hydroxylation is 1. The monoisotopic (exact) mass is 322 g/mol. The quantitative estimate of drug-likeness (QED) is 0.773. The summed E-state index contributed by atoms with van der Waals surface area (Å²) in [6, 6.07) is 9.66. The minimum atomic E-state index is -0.109. The Morgan fingerprint density at radius 3 is 2.96 bits per heavy atom. The summed E-state index contributed by atoms with van der Waals surface area (Å²) < 4.78 is 7.37. The Balaban J connectivity index is 1.66. The first-order chi connectivity index (χ1) is 11.6. The molecule has 6 nitrogen and oxygen atoms in total. The highest BCUT2D eigenvalue weighted by Crippen LogP contribution is 2.29. The van der Waals surface area contributed by atoms with Crippen molar-refractivity contribution in [1.82, 2.24) is 14.5 Å². The molecular formula is C18H18N4O2. The summed E-state index contributed by atoms with van der Waals surface area (Å²) >= 11 is 0. The Morgan fingerprint density at radius 1 is 1.33 bits per heavy atom. The van der Waals surface area contributed by atoms with Crippen molar-refractivity contribution >= 4 is 5.95 Å². The molecule has 3 N–H and O–H groups in total. The van der Waals surface area contributed by atoms with Crippen LogP contribution in [-0.2, 0) is 13.0 Å². The molecule has 0 atom stereocenters. The molecule has 1 aromatic carbocycles. The standard InChI is InChI=1S/C18H18N4O2/c1-11-9-20-18(19)22(11)10-14-3-4-15(17(23)21-14)12-2-5-16-13(8-12)6-7-24-16/h2-5,8-9H,6-7,10H2,1H3,(H2,19,20)(H,21,23). The molecule has 6 heteroatoms. The average molecular weight is 322 g/mol. The highest BCUT2D eigenvalue weighted by Gasteiger charge is 2.14. The number of nitrogens with two attached hydrogens (primary N) is 1. The maximum absolute atomic E-state index is 12.5. The number of anilines is 1. The second-order valence-electron chi connectivity index (χ2n) is 5.99. The highest BCUT2D eigenvalue weighted by atomic mass is 16.5. The minimum Gasteiger partial charge on any atom is -0.493 e. The van der Waals surface area contributed by atoms with Crippen LogP contribution in [0.15, 0.2) is 41.3 Å². The van der Waals surface area contributed by atoms with E-state index < -0.39 is 0 Å². The summed E-state index contributed by atoms with van der Waals surface area (Å²) in [7, 11) is 0. The third-order valence-electron chi connectivity index (χ3n) is 4.38. The predicted octanol–water partition coefficient (Wildman–Crippen LogP) is 2.11. The first-order valence-electron chi connectivity index (χ1n) is 7.88. The van der Waals surface area contributed by atoms with Crippen LogP contribution < -0.4 is 16.0 Å². The first-order valence-corrected chi connectivity index (χ1v) is 7.88. The number of H-pyrrole nitrogens is 1. The summed E-state index contributed by atoms with van der Waals surface area (Å²) in [5.41, 5.74) is 10.2. The number of nitrogens with one attached hydrogen (secondary N) is 1. The van der Waals surface area contributed by atoms with Gasteiger partial charge in [-0.25, -0.2) is 4.98 Å². The molecule has 0 unspecified atom stereocenters. The molecule has 2 aromatic heterocycles. The third kappa shape index (κ3) is 2.46. The van der Waals surface area contributed by atoms with Crippen LogP contribution in [0, 0.1) is 6.92 Å². The molecule has 4 rings (SSSR count). The average Bonchev–Trinajstić information content (AvgIpc) is 3.16. The molecule has 0 aliphatic carbocycles. The van der Waals surface area contributed by atoms with Gasteiger partial charge in [0.2, 0.25) is 5.95 Å². The maximum Gasteiger partial charge on any atom is 0.256 e. The lowest BCUT2D eigenvalue weighted by Gasteiger charge is -2.09. The number of ether oxygens (including phenoxy) is 1. The Morgan fingerprint density at radius 2 is 2.21 bits per heavy atom. The van der Waals surface area contributed by atoms with E-state index in [4.69, 9.17) is 10.5 Å². The number of pyridine rings is 1. The van der Waals surface area contributed by atoms with E-state index in [1.165, 1.54) is 0 Å². The fraction of sp³-hybridized carbons (Fsp3) is 0.222. The van der Waals surface area contributed by atoms with Crippen molar-refractivity contribution in [3.63, 3.8) is 0 Å². The first kappa shape index (κ1) is 14.6. The van der Waals surface area contributed by atoms with Gasteiger partial charge in [0.25, 0.3) is 5.56 Å². The van der Waals surface area contributed by atoms with Crippen molar-refractivity contribution < 1.29 is 4.74 Å². The van der Waals surface area contributed by atoms with Gasteiger partial charge in [-0.15, -0.1) is 0 Å². The molecule has 0 fully saturated rings. The van der Waals surface area contributed by atoms with Crippen molar-refractivity contribution in [3.05, 3.63) is 63.8 Å². The van der Waals surface area contributed by atoms with Crippen LogP contribution in [0.25, 0.3) is 11.1 Å². The molecule has 122 valence electrons. The fourth-order valence-corrected chi connectivity index (χ4v) is 3.04. The van der Waals surface area contributed by atoms with Crippen LogP contribution >= 0.6 is 0 Å². The van der Waals surface area contributed by atoms with Gasteiger partial charge in [-0.2, -0.15) is 0 Å². The summed E-state index contributed by atoms with van der Waals surface area (Å²) in [4.78, 5) is 19.5. The van der Waals surface area contributed by atoms with Crippen LogP contribution in [0.4, 0.5) is 5.95 Å². The van der Waals surface area contributed by atoms with Crippen molar-refractivity contribution in [2.45, 2.75) is 19.9 Å². The summed E-state index contributed by atoms with van der Waals surface area (Å²) in [5, 5.41) is 0. The van der Waals surface area contributed by atoms with Crippen LogP contribution in [0.3, 0.4) is 0 Å². The van der Waals surface area contributed by atoms with E-state index in [0.717, 1.165) is 34.7 Å². The number of hydrogen-bond donors (Lipinski definition) is 2. The number of hydrogen-bond acceptors (Lipinski definition) is 4. The minimum absolute atomic E-state index is 0.109. The predicted molar refractivity (Wildman–Crippen MR) is 92.2 cm³/mol. The normalized spacial score (nSPS) is 12.9. The molecule has 0 saturated carbocycles. The smallest absolute Gasteiger partial charge is 0.256 e. The van der Waals surface area contributed by atoms with Crippen LogP contribution in [0.5, 0.6) is 5.75 Å². The van der Waals surface area contributed by atoms with E-state index in [0.29, 0.717) is 24.7 Å². The molecule has 1 aliphatic rings. The zero-order valence-electron chi connectivity index (χ0n) is 13.4. The SMILES string of the molecule is Cc1cnc(N)n1Cc1ccc(-c2ccc3c(c2)CCO3)c(=O)[nH]1. The van der Waals surface area contributed by atoms with Gasteiger partial charge in [0.1, 0.15) is 5.75 Å². The number of nitrogen functional groups attached to an aromatic ring is 1. The lowest BCUT2D eigenvalue weighted by Crippen LogP contribution is -2.14. The molecule has 3 aromatic rings. The number of fused-ring (bicyclic) bond motifs is 1. The molecule has 0 amide bonds. The van der Waals surface area contributed by atoms with E-state index in [9.17, 15) is 4.79 Å². The Labute approximate surface area is 138 Å². The van der Waals surface area contributed by atoms with Crippen LogP contribution in [0.1, 0.15) is 17.0 Å². The van der Waals surface area contributed by atoms with Crippen molar-refractivity contribution in [3.8, 4) is 16.9 Å². The van der Waals surface area contributed by atoms with Crippen molar-refractivity contribution in [1.29, 1.82) is 0 Å². The van der Waals surface area contributed by atoms with Gasteiger partial charge in [0.15, 0.2) is 0 Å². The third-order valence-corrected chi connectivity index (χ3v) is 4.38. The largest absolute Gasteiger partial charge is 0.493 e. The van der Waals surface area contributed by atoms with Gasteiger partial charge in [0, 0.05) is 23.4 Å². The second-order valence-corrected chi connectivity index (χ2v) is 5.99. The summed E-state index contributed by atoms with van der Waals surface area (Å²) in [5.74, 6) is 1.36. The highest BCUT2D eigenvalue weighted by molar-refractivity contribution is 5.65. The van der Waals surface area contributed by atoms with Crippen LogP contribution in [-0.4, -0.2) is 21.1 Å². The molecule has 0 bridgehead atoms. The maximum atomic E-state index is 12.5. The van der Waals surface area contributed by atoms with Gasteiger partial charge in [-0.3, -0.25) is 4.79 Å². The van der Waals surface area contributed by atoms with E-state index in [2.05, 4.69) is 9.97 Å². The number of benzene rings is 1. The number of aromatic amines is 1. The van der Waals surface area contributed by atoms with Gasteiger partial charge in [-0.05, 0) is 42.3 Å². The summed E-state index contributed by atoms with van der Waals surface area (Å²) in [6.45, 7) is 3.13. The number of aromatic nitrogens is 3. The zero-order chi connectivity index (χ0) is 16.7. The number of imidazole rings is 1. The molecule has 0 spiro atoms. The van der Waals surface area contributed by atoms with E-state index >= 15 is 0 Å².